The second-order valence-corrected chi connectivity index (χ2v) is 3.48. The highest BCUT2D eigenvalue weighted by Gasteiger charge is 2.29. The zero-order chi connectivity index (χ0) is 13.1. The smallest absolute Gasteiger partial charge is 0.422 e. The van der Waals surface area contributed by atoms with Gasteiger partial charge in [0, 0.05) is 11.6 Å². The molecule has 3 nitrogen and oxygen atoms in total. The molecule has 0 saturated heterocycles. The van der Waals surface area contributed by atoms with Crippen molar-refractivity contribution >= 4 is 0 Å². The Morgan fingerprint density at radius 3 is 2.47 bits per heavy atom. The molecule has 0 aromatic heterocycles. The lowest BCUT2D eigenvalue weighted by Gasteiger charge is -2.15. The molecule has 96 valence electrons. The van der Waals surface area contributed by atoms with E-state index >= 15 is 0 Å². The van der Waals surface area contributed by atoms with Crippen LogP contribution in [0.2, 0.25) is 0 Å². The predicted octanol–water partition coefficient (Wildman–Crippen LogP) is 2.69. The summed E-state index contributed by atoms with van der Waals surface area (Å²) in [5.74, 6) is 0.336. The zero-order valence-electron chi connectivity index (χ0n) is 9.41. The molecule has 6 heteroatoms. The lowest BCUT2D eigenvalue weighted by atomic mass is 10.1. The fourth-order valence-electron chi connectivity index (χ4n) is 1.27. The molecule has 0 fully saturated rings. The fraction of sp³-hybridized carbons (Fsp3) is 0.455. The molecule has 0 bridgehead atoms. The molecule has 0 aliphatic rings. The first kappa shape index (κ1) is 13.6. The van der Waals surface area contributed by atoms with E-state index in [1.54, 1.807) is 6.07 Å². The quantitative estimate of drug-likeness (QED) is 0.892. The lowest BCUT2D eigenvalue weighted by Crippen LogP contribution is -2.20. The summed E-state index contributed by atoms with van der Waals surface area (Å²) in [7, 11) is 1.39. The lowest BCUT2D eigenvalue weighted by molar-refractivity contribution is -0.153. The van der Waals surface area contributed by atoms with Gasteiger partial charge in [-0.25, -0.2) is 0 Å². The first-order valence-electron chi connectivity index (χ1n) is 4.89. The Kier molecular flexibility index (Phi) is 4.22. The van der Waals surface area contributed by atoms with Crippen LogP contribution in [0.3, 0.4) is 0 Å². The largest absolute Gasteiger partial charge is 0.497 e. The van der Waals surface area contributed by atoms with Gasteiger partial charge >= 0.3 is 6.18 Å². The Bertz CT molecular complexity index is 375. The normalized spacial score (nSPS) is 13.3. The standard InChI is InChI=1S/C11H13F3O3/c1-7(15)9-4-3-8(16-2)5-10(9)17-6-11(12,13)14/h3-5,7,15H,6H2,1-2H3/t7-/m1/s1. The number of alkyl halides is 3. The van der Waals surface area contributed by atoms with Crippen molar-refractivity contribution in [3.63, 3.8) is 0 Å². The Hall–Kier alpha value is -1.43. The maximum Gasteiger partial charge on any atom is 0.422 e. The predicted molar refractivity (Wildman–Crippen MR) is 55.2 cm³/mol. The minimum atomic E-state index is -4.42. The molecular weight excluding hydrogens is 237 g/mol. The van der Waals surface area contributed by atoms with Crippen molar-refractivity contribution in [2.45, 2.75) is 19.2 Å². The van der Waals surface area contributed by atoms with Gasteiger partial charge in [-0.15, -0.1) is 0 Å². The van der Waals surface area contributed by atoms with Gasteiger partial charge in [0.15, 0.2) is 6.61 Å². The van der Waals surface area contributed by atoms with Gasteiger partial charge < -0.3 is 14.6 Å². The van der Waals surface area contributed by atoms with Crippen LogP contribution in [0.1, 0.15) is 18.6 Å². The Balaban J connectivity index is 2.93. The van der Waals surface area contributed by atoms with E-state index in [0.29, 0.717) is 5.75 Å². The second-order valence-electron chi connectivity index (χ2n) is 3.48. The number of halogens is 3. The van der Waals surface area contributed by atoms with Crippen molar-refractivity contribution in [1.29, 1.82) is 0 Å². The molecule has 0 saturated carbocycles. The molecule has 1 rings (SSSR count). The van der Waals surface area contributed by atoms with Crippen LogP contribution in [-0.4, -0.2) is 25.0 Å². The number of rotatable bonds is 4. The van der Waals surface area contributed by atoms with Crippen LogP contribution in [0.5, 0.6) is 11.5 Å². The van der Waals surface area contributed by atoms with Crippen LogP contribution < -0.4 is 9.47 Å². The van der Waals surface area contributed by atoms with E-state index in [0.717, 1.165) is 0 Å². The van der Waals surface area contributed by atoms with Crippen LogP contribution in [0.25, 0.3) is 0 Å². The highest BCUT2D eigenvalue weighted by molar-refractivity contribution is 5.41. The molecule has 0 aliphatic carbocycles. The fourth-order valence-corrected chi connectivity index (χ4v) is 1.27. The summed E-state index contributed by atoms with van der Waals surface area (Å²) in [6.45, 7) is 0.0438. The summed E-state index contributed by atoms with van der Waals surface area (Å²) < 4.78 is 45.6. The molecule has 0 amide bonds. The van der Waals surface area contributed by atoms with Gasteiger partial charge in [-0.2, -0.15) is 13.2 Å². The van der Waals surface area contributed by atoms with Gasteiger partial charge in [-0.3, -0.25) is 0 Å². The third kappa shape index (κ3) is 4.14. The Morgan fingerprint density at radius 2 is 2.00 bits per heavy atom. The summed E-state index contributed by atoms with van der Waals surface area (Å²) in [4.78, 5) is 0. The Labute approximate surface area is 96.8 Å². The van der Waals surface area contributed by atoms with Crippen LogP contribution in [0.15, 0.2) is 18.2 Å². The van der Waals surface area contributed by atoms with E-state index in [4.69, 9.17) is 4.74 Å². The van der Waals surface area contributed by atoms with Gasteiger partial charge in [0.1, 0.15) is 11.5 Å². The first-order valence-corrected chi connectivity index (χ1v) is 4.89. The SMILES string of the molecule is COc1ccc([C@@H](C)O)c(OCC(F)(F)F)c1. The molecule has 17 heavy (non-hydrogen) atoms. The topological polar surface area (TPSA) is 38.7 Å². The highest BCUT2D eigenvalue weighted by Crippen LogP contribution is 2.30. The van der Waals surface area contributed by atoms with Gasteiger partial charge in [0.2, 0.25) is 0 Å². The zero-order valence-corrected chi connectivity index (χ0v) is 9.41. The number of aliphatic hydroxyl groups is 1. The second kappa shape index (κ2) is 5.27. The number of methoxy groups -OCH3 is 1. The minimum Gasteiger partial charge on any atom is -0.497 e. The van der Waals surface area contributed by atoms with Crippen LogP contribution >= 0.6 is 0 Å². The number of hydrogen-bond acceptors (Lipinski definition) is 3. The van der Waals surface area contributed by atoms with Crippen LogP contribution in [-0.2, 0) is 0 Å². The maximum atomic E-state index is 12.0. The molecule has 0 aliphatic heterocycles. The maximum absolute atomic E-state index is 12.0. The van der Waals surface area contributed by atoms with E-state index in [1.807, 2.05) is 0 Å². The van der Waals surface area contributed by atoms with Crippen molar-refractivity contribution in [3.8, 4) is 11.5 Å². The summed E-state index contributed by atoms with van der Waals surface area (Å²) in [6.07, 6.45) is -5.33. The number of aliphatic hydroxyl groups excluding tert-OH is 1. The van der Waals surface area contributed by atoms with Crippen molar-refractivity contribution in [2.24, 2.45) is 0 Å². The van der Waals surface area contributed by atoms with Crippen molar-refractivity contribution in [1.82, 2.24) is 0 Å². The number of ether oxygens (including phenoxy) is 2. The van der Waals surface area contributed by atoms with Crippen molar-refractivity contribution in [3.05, 3.63) is 23.8 Å². The van der Waals surface area contributed by atoms with Crippen molar-refractivity contribution in [2.75, 3.05) is 13.7 Å². The monoisotopic (exact) mass is 250 g/mol. The van der Waals surface area contributed by atoms with Crippen molar-refractivity contribution < 1.29 is 27.8 Å². The van der Waals surface area contributed by atoms with Crippen LogP contribution in [0, 0.1) is 0 Å². The molecule has 1 N–H and O–H groups in total. The average Bonchev–Trinajstić information content (AvgIpc) is 2.24. The summed E-state index contributed by atoms with van der Waals surface area (Å²) in [5.41, 5.74) is 0.287. The van der Waals surface area contributed by atoms with E-state index in [-0.39, 0.29) is 11.3 Å². The van der Waals surface area contributed by atoms with E-state index < -0.39 is 18.9 Å². The van der Waals surface area contributed by atoms with E-state index in [2.05, 4.69) is 4.74 Å². The third-order valence-electron chi connectivity index (χ3n) is 2.06. The highest BCUT2D eigenvalue weighted by atomic mass is 19.4. The number of hydrogen-bond donors (Lipinski definition) is 1. The third-order valence-corrected chi connectivity index (χ3v) is 2.06. The minimum absolute atomic E-state index is 0.0309. The van der Waals surface area contributed by atoms with Crippen LogP contribution in [0.4, 0.5) is 13.2 Å². The molecule has 1 aromatic carbocycles. The summed E-state index contributed by atoms with van der Waals surface area (Å²) in [5, 5.41) is 9.40. The van der Waals surface area contributed by atoms with Gasteiger partial charge in [-0.05, 0) is 19.1 Å². The molecule has 0 unspecified atom stereocenters. The molecule has 0 radical (unpaired) electrons. The van der Waals surface area contributed by atoms with Gasteiger partial charge in [0.25, 0.3) is 0 Å². The first-order chi connectivity index (χ1) is 7.83. The van der Waals surface area contributed by atoms with Gasteiger partial charge in [-0.1, -0.05) is 0 Å². The van der Waals surface area contributed by atoms with Gasteiger partial charge in [0.05, 0.1) is 13.2 Å². The Morgan fingerprint density at radius 1 is 1.35 bits per heavy atom. The molecule has 0 spiro atoms. The summed E-state index contributed by atoms with van der Waals surface area (Å²) in [6, 6.07) is 4.32. The number of benzene rings is 1. The average molecular weight is 250 g/mol. The molecular formula is C11H13F3O3. The molecule has 1 aromatic rings. The van der Waals surface area contributed by atoms with E-state index in [1.165, 1.54) is 26.2 Å². The molecule has 0 heterocycles. The van der Waals surface area contributed by atoms with E-state index in [9.17, 15) is 18.3 Å². The summed E-state index contributed by atoms with van der Waals surface area (Å²) >= 11 is 0. The molecule has 1 atom stereocenters.